The van der Waals surface area contributed by atoms with Gasteiger partial charge in [-0.3, -0.25) is 4.79 Å². The maximum atomic E-state index is 12.0. The van der Waals surface area contributed by atoms with E-state index >= 15 is 0 Å². The molecule has 1 amide bonds. The summed E-state index contributed by atoms with van der Waals surface area (Å²) < 4.78 is 9.34. The van der Waals surface area contributed by atoms with Crippen LogP contribution >= 0.6 is 0 Å². The molecule has 6 heteroatoms. The lowest BCUT2D eigenvalue weighted by Gasteiger charge is -2.20. The Morgan fingerprint density at radius 2 is 1.75 bits per heavy atom. The average molecular weight is 333 g/mol. The van der Waals surface area contributed by atoms with Gasteiger partial charge in [0.2, 0.25) is 5.91 Å². The molecule has 2 atom stereocenters. The molecule has 1 rings (SSSR count). The van der Waals surface area contributed by atoms with Crippen molar-refractivity contribution in [2.45, 2.75) is 26.3 Å². The number of nitrogens with one attached hydrogen (secondary N) is 1. The normalized spacial score (nSPS) is 13.2. The van der Waals surface area contributed by atoms with Gasteiger partial charge in [0, 0.05) is 6.08 Å². The maximum Gasteiger partial charge on any atom is 0.337 e. The third-order valence-electron chi connectivity index (χ3n) is 3.72. The van der Waals surface area contributed by atoms with Gasteiger partial charge in [-0.05, 0) is 29.7 Å². The van der Waals surface area contributed by atoms with Crippen LogP contribution in [0.15, 0.2) is 30.3 Å². The van der Waals surface area contributed by atoms with Crippen molar-refractivity contribution >= 4 is 23.9 Å². The van der Waals surface area contributed by atoms with Crippen molar-refractivity contribution in [3.8, 4) is 0 Å². The van der Waals surface area contributed by atoms with Crippen LogP contribution in [0.1, 0.15) is 36.2 Å². The quantitative estimate of drug-likeness (QED) is 0.611. The molecule has 0 aromatic heterocycles. The Kier molecular flexibility index (Phi) is 7.68. The molecule has 0 aliphatic carbocycles. The van der Waals surface area contributed by atoms with Crippen LogP contribution in [-0.2, 0) is 19.1 Å². The highest BCUT2D eigenvalue weighted by Gasteiger charge is 2.25. The van der Waals surface area contributed by atoms with Crippen molar-refractivity contribution < 1.29 is 23.9 Å². The standard InChI is InChI=1S/C18H23NO5/c1-5-12(2)16(18(22)24-4)19-15(20)11-8-13-6-9-14(10-7-13)17(21)23-3/h6-12,16H,5H2,1-4H3,(H,19,20)/b11-8+/t12-,16-/m0/s1. The van der Waals surface area contributed by atoms with Gasteiger partial charge in [-0.25, -0.2) is 9.59 Å². The van der Waals surface area contributed by atoms with E-state index in [1.54, 1.807) is 30.3 Å². The minimum atomic E-state index is -0.682. The third kappa shape index (κ3) is 5.53. The molecule has 6 nitrogen and oxygen atoms in total. The van der Waals surface area contributed by atoms with Crippen LogP contribution < -0.4 is 5.32 Å². The van der Waals surface area contributed by atoms with Crippen LogP contribution in [0.5, 0.6) is 0 Å². The summed E-state index contributed by atoms with van der Waals surface area (Å²) in [7, 11) is 2.61. The molecule has 0 radical (unpaired) electrons. The highest BCUT2D eigenvalue weighted by molar-refractivity contribution is 5.95. The van der Waals surface area contributed by atoms with Crippen molar-refractivity contribution in [1.82, 2.24) is 5.32 Å². The Balaban J connectivity index is 2.73. The number of esters is 2. The number of methoxy groups -OCH3 is 2. The first-order valence-corrected chi connectivity index (χ1v) is 7.67. The molecule has 0 heterocycles. The van der Waals surface area contributed by atoms with Crippen LogP contribution in [0.4, 0.5) is 0 Å². The highest BCUT2D eigenvalue weighted by Crippen LogP contribution is 2.10. The molecule has 0 spiro atoms. The van der Waals surface area contributed by atoms with E-state index in [2.05, 4.69) is 10.1 Å². The van der Waals surface area contributed by atoms with Gasteiger partial charge in [0.25, 0.3) is 0 Å². The molecule has 0 aliphatic rings. The molecular weight excluding hydrogens is 310 g/mol. The van der Waals surface area contributed by atoms with Gasteiger partial charge >= 0.3 is 11.9 Å². The number of hydrogen-bond acceptors (Lipinski definition) is 5. The first-order chi connectivity index (χ1) is 11.4. The predicted molar refractivity (Wildman–Crippen MR) is 90.2 cm³/mol. The molecule has 0 unspecified atom stereocenters. The zero-order valence-electron chi connectivity index (χ0n) is 14.4. The van der Waals surface area contributed by atoms with Gasteiger partial charge in [-0.15, -0.1) is 0 Å². The molecule has 0 fully saturated rings. The molecule has 130 valence electrons. The fourth-order valence-corrected chi connectivity index (χ4v) is 2.02. The fourth-order valence-electron chi connectivity index (χ4n) is 2.02. The van der Waals surface area contributed by atoms with E-state index in [4.69, 9.17) is 4.74 Å². The van der Waals surface area contributed by atoms with E-state index < -0.39 is 18.0 Å². The molecule has 1 aromatic rings. The van der Waals surface area contributed by atoms with Crippen LogP contribution in [0, 0.1) is 5.92 Å². The van der Waals surface area contributed by atoms with Gasteiger partial charge in [0.05, 0.1) is 19.8 Å². The molecule has 1 aromatic carbocycles. The number of ether oxygens (including phenoxy) is 2. The van der Waals surface area contributed by atoms with Crippen LogP contribution in [0.3, 0.4) is 0 Å². The molecule has 24 heavy (non-hydrogen) atoms. The van der Waals surface area contributed by atoms with Crippen LogP contribution in [0.2, 0.25) is 0 Å². The van der Waals surface area contributed by atoms with Crippen LogP contribution in [-0.4, -0.2) is 38.1 Å². The topological polar surface area (TPSA) is 81.7 Å². The van der Waals surface area contributed by atoms with Gasteiger partial charge in [0.1, 0.15) is 6.04 Å². The predicted octanol–water partition coefficient (Wildman–Crippen LogP) is 2.19. The Labute approximate surface area is 141 Å². The lowest BCUT2D eigenvalue weighted by atomic mass is 9.99. The summed E-state index contributed by atoms with van der Waals surface area (Å²) in [6.07, 6.45) is 3.67. The number of carbonyl (C=O) groups is 3. The summed E-state index contributed by atoms with van der Waals surface area (Å²) in [5, 5.41) is 2.65. The Morgan fingerprint density at radius 1 is 1.12 bits per heavy atom. The maximum absolute atomic E-state index is 12.0. The van der Waals surface area contributed by atoms with Crippen molar-refractivity contribution in [3.05, 3.63) is 41.5 Å². The number of amides is 1. The summed E-state index contributed by atoms with van der Waals surface area (Å²) in [5.41, 5.74) is 1.18. The number of hydrogen-bond donors (Lipinski definition) is 1. The van der Waals surface area contributed by atoms with Crippen molar-refractivity contribution in [3.63, 3.8) is 0 Å². The Bertz CT molecular complexity index is 606. The molecule has 0 aliphatic heterocycles. The van der Waals surface area contributed by atoms with Gasteiger partial charge in [-0.1, -0.05) is 32.4 Å². The molecule has 0 saturated heterocycles. The fraction of sp³-hybridized carbons (Fsp3) is 0.389. The van der Waals surface area contributed by atoms with E-state index in [0.29, 0.717) is 5.56 Å². The second-order valence-electron chi connectivity index (χ2n) is 5.34. The summed E-state index contributed by atoms with van der Waals surface area (Å²) in [6.45, 7) is 3.81. The third-order valence-corrected chi connectivity index (χ3v) is 3.72. The summed E-state index contributed by atoms with van der Waals surface area (Å²) in [5.74, 6) is -1.30. The second kappa shape index (κ2) is 9.50. The SMILES string of the molecule is CC[C@H](C)[C@H](NC(=O)/C=C/c1ccc(C(=O)OC)cc1)C(=O)OC. The van der Waals surface area contributed by atoms with E-state index in [1.165, 1.54) is 20.3 Å². The Morgan fingerprint density at radius 3 is 2.25 bits per heavy atom. The van der Waals surface area contributed by atoms with E-state index in [-0.39, 0.29) is 11.8 Å². The lowest BCUT2D eigenvalue weighted by Crippen LogP contribution is -2.45. The van der Waals surface area contributed by atoms with Crippen molar-refractivity contribution in [2.75, 3.05) is 14.2 Å². The zero-order chi connectivity index (χ0) is 18.1. The molecule has 0 saturated carbocycles. The lowest BCUT2D eigenvalue weighted by molar-refractivity contribution is -0.146. The molecule has 0 bridgehead atoms. The summed E-state index contributed by atoms with van der Waals surface area (Å²) in [6, 6.07) is 5.93. The van der Waals surface area contributed by atoms with E-state index in [1.807, 2.05) is 13.8 Å². The Hall–Kier alpha value is -2.63. The number of rotatable bonds is 7. The molecule has 1 N–H and O–H groups in total. The minimum Gasteiger partial charge on any atom is -0.467 e. The first-order valence-electron chi connectivity index (χ1n) is 7.67. The van der Waals surface area contributed by atoms with E-state index in [9.17, 15) is 14.4 Å². The molecular formula is C18H23NO5. The smallest absolute Gasteiger partial charge is 0.337 e. The first kappa shape index (κ1) is 19.4. The number of carbonyl (C=O) groups excluding carboxylic acids is 3. The van der Waals surface area contributed by atoms with E-state index in [0.717, 1.165) is 12.0 Å². The van der Waals surface area contributed by atoms with Crippen molar-refractivity contribution in [1.29, 1.82) is 0 Å². The minimum absolute atomic E-state index is 0.0332. The van der Waals surface area contributed by atoms with Gasteiger partial charge in [-0.2, -0.15) is 0 Å². The van der Waals surface area contributed by atoms with Gasteiger partial charge in [0.15, 0.2) is 0 Å². The largest absolute Gasteiger partial charge is 0.467 e. The van der Waals surface area contributed by atoms with Crippen LogP contribution in [0.25, 0.3) is 6.08 Å². The summed E-state index contributed by atoms with van der Waals surface area (Å²) >= 11 is 0. The second-order valence-corrected chi connectivity index (χ2v) is 5.34. The summed E-state index contributed by atoms with van der Waals surface area (Å²) in [4.78, 5) is 35.1. The number of benzene rings is 1. The highest BCUT2D eigenvalue weighted by atomic mass is 16.5. The van der Waals surface area contributed by atoms with Crippen molar-refractivity contribution in [2.24, 2.45) is 5.92 Å². The van der Waals surface area contributed by atoms with Gasteiger partial charge < -0.3 is 14.8 Å². The average Bonchev–Trinajstić information content (AvgIpc) is 2.62. The monoisotopic (exact) mass is 333 g/mol. The zero-order valence-corrected chi connectivity index (χ0v) is 14.4.